The number of rotatable bonds is 9. The first kappa shape index (κ1) is 35.0. The fraction of sp³-hybridized carbons (Fsp3) is 0.409. The molecule has 4 aliphatic rings. The SMILES string of the molecule is COc1cc(N2CCC(CN3CCC(c4ccc(N[C@@H]5CCC(=O)NC5=O)cc4)CC3)CC2)ccc1[C@H]1c2ccc(O)cc2OC[C@H]1c1ccccc1. The summed E-state index contributed by atoms with van der Waals surface area (Å²) in [5.41, 5.74) is 6.92. The van der Waals surface area contributed by atoms with Crippen molar-refractivity contribution < 1.29 is 24.2 Å². The Kier molecular flexibility index (Phi) is 10.3. The van der Waals surface area contributed by atoms with Gasteiger partial charge in [-0.15, -0.1) is 0 Å². The molecular weight excluding hydrogens is 665 g/mol. The van der Waals surface area contributed by atoms with Crippen LogP contribution in [0.25, 0.3) is 0 Å². The van der Waals surface area contributed by atoms with Crippen molar-refractivity contribution in [2.45, 2.75) is 62.3 Å². The predicted molar refractivity (Wildman–Crippen MR) is 207 cm³/mol. The van der Waals surface area contributed by atoms with Gasteiger partial charge in [0.1, 0.15) is 23.3 Å². The molecule has 0 unspecified atom stereocenters. The van der Waals surface area contributed by atoms with Gasteiger partial charge in [-0.25, -0.2) is 0 Å². The summed E-state index contributed by atoms with van der Waals surface area (Å²) < 4.78 is 12.3. The molecule has 53 heavy (non-hydrogen) atoms. The first-order valence-corrected chi connectivity index (χ1v) is 19.3. The Morgan fingerprint density at radius 3 is 2.32 bits per heavy atom. The molecule has 9 heteroatoms. The summed E-state index contributed by atoms with van der Waals surface area (Å²) in [4.78, 5) is 28.8. The maximum Gasteiger partial charge on any atom is 0.249 e. The van der Waals surface area contributed by atoms with Crippen LogP contribution in [-0.4, -0.2) is 74.3 Å². The van der Waals surface area contributed by atoms with Gasteiger partial charge in [-0.05, 0) is 92.4 Å². The van der Waals surface area contributed by atoms with Gasteiger partial charge >= 0.3 is 0 Å². The molecule has 3 fully saturated rings. The van der Waals surface area contributed by atoms with Gasteiger partial charge in [0.15, 0.2) is 0 Å². The minimum atomic E-state index is -0.358. The predicted octanol–water partition coefficient (Wildman–Crippen LogP) is 7.02. The van der Waals surface area contributed by atoms with E-state index < -0.39 is 0 Å². The van der Waals surface area contributed by atoms with Crippen molar-refractivity contribution in [1.29, 1.82) is 0 Å². The van der Waals surface area contributed by atoms with E-state index in [1.807, 2.05) is 12.1 Å². The number of phenolic OH excluding ortho intramolecular Hbond substituents is 1. The number of fused-ring (bicyclic) bond motifs is 1. The number of benzene rings is 4. The van der Waals surface area contributed by atoms with Crippen LogP contribution < -0.4 is 25.0 Å². The number of anilines is 2. The Bertz CT molecular complexity index is 1900. The number of amides is 2. The molecule has 0 spiro atoms. The van der Waals surface area contributed by atoms with Crippen LogP contribution in [0.5, 0.6) is 17.2 Å². The molecule has 8 rings (SSSR count). The van der Waals surface area contributed by atoms with E-state index in [1.54, 1.807) is 19.2 Å². The molecule has 0 saturated carbocycles. The van der Waals surface area contributed by atoms with E-state index in [9.17, 15) is 14.7 Å². The second kappa shape index (κ2) is 15.5. The van der Waals surface area contributed by atoms with E-state index in [0.717, 1.165) is 73.9 Å². The minimum Gasteiger partial charge on any atom is -0.508 e. The smallest absolute Gasteiger partial charge is 0.249 e. The Balaban J connectivity index is 0.858. The average Bonchev–Trinajstić information content (AvgIpc) is 3.19. The molecule has 0 aliphatic carbocycles. The lowest BCUT2D eigenvalue weighted by Gasteiger charge is -2.39. The molecule has 0 bridgehead atoms. The Morgan fingerprint density at radius 1 is 0.830 bits per heavy atom. The number of aromatic hydroxyl groups is 1. The van der Waals surface area contributed by atoms with Gasteiger partial charge in [-0.1, -0.05) is 54.6 Å². The molecule has 3 N–H and O–H groups in total. The van der Waals surface area contributed by atoms with Gasteiger partial charge in [-0.2, -0.15) is 0 Å². The number of imide groups is 1. The number of nitrogens with zero attached hydrogens (tertiary/aromatic N) is 2. The fourth-order valence-corrected chi connectivity index (χ4v) is 9.00. The maximum absolute atomic E-state index is 12.1. The average molecular weight is 715 g/mol. The summed E-state index contributed by atoms with van der Waals surface area (Å²) >= 11 is 0. The van der Waals surface area contributed by atoms with Crippen LogP contribution in [0.15, 0.2) is 91.0 Å². The van der Waals surface area contributed by atoms with E-state index in [2.05, 4.69) is 87.2 Å². The Morgan fingerprint density at radius 2 is 1.58 bits per heavy atom. The highest BCUT2D eigenvalue weighted by atomic mass is 16.5. The highest BCUT2D eigenvalue weighted by molar-refractivity contribution is 6.01. The molecule has 4 aromatic rings. The molecule has 4 aromatic carbocycles. The summed E-state index contributed by atoms with van der Waals surface area (Å²) in [5.74, 6) is 2.80. The van der Waals surface area contributed by atoms with Crippen molar-refractivity contribution in [3.8, 4) is 17.2 Å². The largest absolute Gasteiger partial charge is 0.508 e. The molecule has 0 aromatic heterocycles. The quantitative estimate of drug-likeness (QED) is 0.159. The monoisotopic (exact) mass is 714 g/mol. The molecule has 3 saturated heterocycles. The standard InChI is InChI=1S/C44H50N4O5/c1-52-40-25-34(11-13-36(40)43-37-14-12-35(49)26-41(37)53-28-38(43)32-5-3-2-4-6-32)48-23-17-29(18-24-48)27-47-21-19-31(20-22-47)30-7-9-33(10-8-30)45-39-15-16-42(50)46-44(39)51/h2-14,25-26,29,31,38-39,43,45,49H,15-24,27-28H2,1H3,(H,46,50,51)/t38-,39+,43-/m0/s1. The summed E-state index contributed by atoms with van der Waals surface area (Å²) in [6, 6.07) is 30.9. The first-order chi connectivity index (χ1) is 25.9. The van der Waals surface area contributed by atoms with Gasteiger partial charge < -0.3 is 29.7 Å². The molecule has 9 nitrogen and oxygen atoms in total. The number of carbonyl (C=O) groups excluding carboxylic acids is 2. The van der Waals surface area contributed by atoms with Crippen molar-refractivity contribution in [2.24, 2.45) is 5.92 Å². The van der Waals surface area contributed by atoms with Crippen LogP contribution in [0.4, 0.5) is 11.4 Å². The van der Waals surface area contributed by atoms with Crippen LogP contribution in [0.3, 0.4) is 0 Å². The molecule has 4 aliphatic heterocycles. The highest BCUT2D eigenvalue weighted by Gasteiger charge is 2.36. The van der Waals surface area contributed by atoms with Gasteiger partial charge in [0.25, 0.3) is 0 Å². The zero-order chi connectivity index (χ0) is 36.3. The van der Waals surface area contributed by atoms with E-state index in [-0.39, 0.29) is 35.4 Å². The van der Waals surface area contributed by atoms with E-state index in [1.165, 1.54) is 29.7 Å². The molecule has 276 valence electrons. The van der Waals surface area contributed by atoms with E-state index in [4.69, 9.17) is 9.47 Å². The van der Waals surface area contributed by atoms with Crippen molar-refractivity contribution in [3.05, 3.63) is 113 Å². The lowest BCUT2D eigenvalue weighted by Crippen LogP contribution is -2.47. The third-order valence-corrected chi connectivity index (χ3v) is 12.0. The van der Waals surface area contributed by atoms with E-state index >= 15 is 0 Å². The van der Waals surface area contributed by atoms with Crippen LogP contribution >= 0.6 is 0 Å². The molecule has 0 radical (unpaired) electrons. The number of piperidine rings is 3. The Hall–Kier alpha value is -5.02. The summed E-state index contributed by atoms with van der Waals surface area (Å²) in [6.07, 6.45) is 5.59. The van der Waals surface area contributed by atoms with Gasteiger partial charge in [0, 0.05) is 72.5 Å². The zero-order valence-corrected chi connectivity index (χ0v) is 30.5. The normalized spacial score (nSPS) is 22.8. The molecule has 2 amide bonds. The fourth-order valence-electron chi connectivity index (χ4n) is 9.00. The number of hydrogen-bond donors (Lipinski definition) is 3. The number of ether oxygens (including phenoxy) is 2. The third-order valence-electron chi connectivity index (χ3n) is 12.0. The number of likely N-dealkylation sites (tertiary alicyclic amines) is 1. The summed E-state index contributed by atoms with van der Waals surface area (Å²) in [6.45, 7) is 6.01. The lowest BCUT2D eigenvalue weighted by molar-refractivity contribution is -0.133. The number of methoxy groups -OCH3 is 1. The van der Waals surface area contributed by atoms with Gasteiger partial charge in [0.05, 0.1) is 13.7 Å². The van der Waals surface area contributed by atoms with Crippen LogP contribution in [0.1, 0.15) is 78.5 Å². The van der Waals surface area contributed by atoms with Crippen molar-refractivity contribution in [2.75, 3.05) is 56.7 Å². The van der Waals surface area contributed by atoms with Crippen LogP contribution in [-0.2, 0) is 9.59 Å². The highest BCUT2D eigenvalue weighted by Crippen LogP contribution is 2.49. The second-order valence-corrected chi connectivity index (χ2v) is 15.2. The number of hydrogen-bond acceptors (Lipinski definition) is 8. The molecule has 4 heterocycles. The van der Waals surface area contributed by atoms with Crippen molar-refractivity contribution in [1.82, 2.24) is 10.2 Å². The number of nitrogens with one attached hydrogen (secondary N) is 2. The molecular formula is C44H50N4O5. The topological polar surface area (TPSA) is 103 Å². The third kappa shape index (κ3) is 7.72. The van der Waals surface area contributed by atoms with Crippen molar-refractivity contribution in [3.63, 3.8) is 0 Å². The van der Waals surface area contributed by atoms with Gasteiger partial charge in [0.2, 0.25) is 11.8 Å². The van der Waals surface area contributed by atoms with Crippen molar-refractivity contribution >= 4 is 23.2 Å². The Labute approximate surface area is 312 Å². The van der Waals surface area contributed by atoms with Crippen LogP contribution in [0, 0.1) is 5.92 Å². The number of phenols is 1. The lowest BCUT2D eigenvalue weighted by atomic mass is 9.75. The van der Waals surface area contributed by atoms with Crippen LogP contribution in [0.2, 0.25) is 0 Å². The summed E-state index contributed by atoms with van der Waals surface area (Å²) in [7, 11) is 1.77. The molecule has 3 atom stereocenters. The summed E-state index contributed by atoms with van der Waals surface area (Å²) in [5, 5.41) is 15.9. The number of carbonyl (C=O) groups is 2. The maximum atomic E-state index is 12.1. The minimum absolute atomic E-state index is 0.0296. The first-order valence-electron chi connectivity index (χ1n) is 19.3. The van der Waals surface area contributed by atoms with E-state index in [0.29, 0.717) is 31.3 Å². The zero-order valence-electron chi connectivity index (χ0n) is 30.5. The second-order valence-electron chi connectivity index (χ2n) is 15.2. The van der Waals surface area contributed by atoms with Gasteiger partial charge in [-0.3, -0.25) is 14.9 Å².